The number of rotatable bonds is 6. The molecule has 2 aromatic heterocycles. The maximum atomic E-state index is 6.00. The summed E-state index contributed by atoms with van der Waals surface area (Å²) in [4.78, 5) is 4.31. The van der Waals surface area contributed by atoms with E-state index in [1.54, 1.807) is 7.11 Å². The molecule has 0 amide bonds. The van der Waals surface area contributed by atoms with Gasteiger partial charge in [-0.1, -0.05) is 22.5 Å². The van der Waals surface area contributed by atoms with Crippen LogP contribution in [0.3, 0.4) is 0 Å². The van der Waals surface area contributed by atoms with Gasteiger partial charge in [0, 0.05) is 28.2 Å². The molecule has 0 atom stereocenters. The van der Waals surface area contributed by atoms with Crippen LogP contribution < -0.4 is 11.1 Å². The van der Waals surface area contributed by atoms with E-state index in [9.17, 15) is 0 Å². The molecule has 6 heteroatoms. The van der Waals surface area contributed by atoms with Gasteiger partial charge in [0.1, 0.15) is 17.2 Å². The Labute approximate surface area is 148 Å². The number of pyridine rings is 1. The van der Waals surface area contributed by atoms with Gasteiger partial charge in [0.2, 0.25) is 0 Å². The molecule has 0 aliphatic heterocycles. The van der Waals surface area contributed by atoms with Gasteiger partial charge >= 0.3 is 0 Å². The number of furan rings is 1. The highest BCUT2D eigenvalue weighted by atomic mass is 79.9. The summed E-state index contributed by atoms with van der Waals surface area (Å²) in [5.74, 6) is 1.25. The number of anilines is 1. The quantitative estimate of drug-likeness (QED) is 0.666. The van der Waals surface area contributed by atoms with Crippen molar-refractivity contribution >= 4 is 38.4 Å². The zero-order valence-corrected chi connectivity index (χ0v) is 14.9. The Morgan fingerprint density at radius 2 is 2.17 bits per heavy atom. The molecule has 124 valence electrons. The second kappa shape index (κ2) is 7.07. The zero-order chi connectivity index (χ0) is 17.1. The van der Waals surface area contributed by atoms with Gasteiger partial charge in [-0.2, -0.15) is 0 Å². The van der Waals surface area contributed by atoms with E-state index < -0.39 is 0 Å². The molecule has 5 nitrogen and oxygen atoms in total. The average molecular weight is 388 g/mol. The molecule has 0 saturated carbocycles. The van der Waals surface area contributed by atoms with Gasteiger partial charge in [-0.3, -0.25) is 0 Å². The maximum absolute atomic E-state index is 6.00. The van der Waals surface area contributed by atoms with Gasteiger partial charge in [0.05, 0.1) is 18.8 Å². The van der Waals surface area contributed by atoms with Crippen LogP contribution in [0, 0.1) is 0 Å². The molecule has 2 heterocycles. The molecule has 0 aliphatic carbocycles. The first-order valence-electron chi connectivity index (χ1n) is 7.42. The second-order valence-electron chi connectivity index (χ2n) is 5.40. The minimum atomic E-state index is 0.426. The Morgan fingerprint density at radius 3 is 2.92 bits per heavy atom. The Bertz CT molecular complexity index is 889. The Hall–Kier alpha value is -2.31. The minimum absolute atomic E-state index is 0.426. The summed E-state index contributed by atoms with van der Waals surface area (Å²) < 4.78 is 11.9. The van der Waals surface area contributed by atoms with Gasteiger partial charge in [0.15, 0.2) is 0 Å². The molecular weight excluding hydrogens is 370 g/mol. The molecule has 0 unspecified atom stereocenters. The molecule has 0 radical (unpaired) electrons. The summed E-state index contributed by atoms with van der Waals surface area (Å²) in [5.41, 5.74) is 9.11. The molecule has 0 bridgehead atoms. The molecule has 0 spiro atoms. The smallest absolute Gasteiger partial charge is 0.134 e. The number of hydrogen-bond donors (Lipinski definition) is 2. The van der Waals surface area contributed by atoms with E-state index in [1.165, 1.54) is 0 Å². The standard InChI is InChI=1S/C18H18BrN3O2/c1-11(16-5-4-14(10-23-2)22-18(16)20)21-9-15-8-12-7-13(19)3-6-17(12)24-15/h3-8,21H,1,9-10H2,2H3,(H2,20,22). The molecule has 1 aromatic carbocycles. The number of hydrogen-bond acceptors (Lipinski definition) is 5. The fourth-order valence-corrected chi connectivity index (χ4v) is 2.82. The minimum Gasteiger partial charge on any atom is -0.459 e. The lowest BCUT2D eigenvalue weighted by atomic mass is 10.2. The normalized spacial score (nSPS) is 10.9. The van der Waals surface area contributed by atoms with Crippen molar-refractivity contribution in [3.63, 3.8) is 0 Å². The molecular formula is C18H18BrN3O2. The van der Waals surface area contributed by atoms with Crippen LogP contribution in [0.5, 0.6) is 0 Å². The lowest BCUT2D eigenvalue weighted by Gasteiger charge is -2.11. The Balaban J connectivity index is 1.70. The summed E-state index contributed by atoms with van der Waals surface area (Å²) in [6.07, 6.45) is 0. The Morgan fingerprint density at radius 1 is 1.33 bits per heavy atom. The fourth-order valence-electron chi connectivity index (χ4n) is 2.45. The number of halogens is 1. The number of ether oxygens (including phenoxy) is 1. The third kappa shape index (κ3) is 3.60. The Kier molecular flexibility index (Phi) is 4.87. The number of fused-ring (bicyclic) bond motifs is 1. The van der Waals surface area contributed by atoms with E-state index >= 15 is 0 Å². The van der Waals surface area contributed by atoms with Crippen LogP contribution in [-0.4, -0.2) is 12.1 Å². The number of nitrogen functional groups attached to an aromatic ring is 1. The van der Waals surface area contributed by atoms with Crippen molar-refractivity contribution in [3.8, 4) is 0 Å². The van der Waals surface area contributed by atoms with Crippen molar-refractivity contribution < 1.29 is 9.15 Å². The van der Waals surface area contributed by atoms with Crippen LogP contribution in [0.4, 0.5) is 5.82 Å². The number of nitrogens with two attached hydrogens (primary N) is 1. The van der Waals surface area contributed by atoms with Gasteiger partial charge in [-0.15, -0.1) is 0 Å². The van der Waals surface area contributed by atoms with E-state index in [4.69, 9.17) is 14.9 Å². The number of nitrogens with one attached hydrogen (secondary N) is 1. The lowest BCUT2D eigenvalue weighted by Crippen LogP contribution is -2.12. The molecule has 24 heavy (non-hydrogen) atoms. The SMILES string of the molecule is C=C(NCc1cc2cc(Br)ccc2o1)c1ccc(COC)nc1N. The number of nitrogens with zero attached hydrogens (tertiary/aromatic N) is 1. The highest BCUT2D eigenvalue weighted by Gasteiger charge is 2.08. The predicted molar refractivity (Wildman–Crippen MR) is 99.2 cm³/mol. The van der Waals surface area contributed by atoms with Crippen LogP contribution in [0.2, 0.25) is 0 Å². The molecule has 0 aliphatic rings. The highest BCUT2D eigenvalue weighted by molar-refractivity contribution is 9.10. The van der Waals surface area contributed by atoms with Gasteiger partial charge < -0.3 is 20.2 Å². The van der Waals surface area contributed by atoms with Crippen LogP contribution >= 0.6 is 15.9 Å². The van der Waals surface area contributed by atoms with E-state index in [0.717, 1.165) is 32.5 Å². The highest BCUT2D eigenvalue weighted by Crippen LogP contribution is 2.24. The van der Waals surface area contributed by atoms with Gasteiger partial charge in [0.25, 0.3) is 0 Å². The van der Waals surface area contributed by atoms with E-state index in [1.807, 2.05) is 36.4 Å². The number of benzene rings is 1. The van der Waals surface area contributed by atoms with Crippen LogP contribution in [0.15, 0.2) is 51.9 Å². The van der Waals surface area contributed by atoms with Gasteiger partial charge in [-0.05, 0) is 36.4 Å². The summed E-state index contributed by atoms with van der Waals surface area (Å²) in [7, 11) is 1.62. The summed E-state index contributed by atoms with van der Waals surface area (Å²) >= 11 is 3.46. The van der Waals surface area contributed by atoms with E-state index in [0.29, 0.717) is 24.7 Å². The van der Waals surface area contributed by atoms with Crippen LogP contribution in [0.25, 0.3) is 16.7 Å². The molecule has 3 N–H and O–H groups in total. The van der Waals surface area contributed by atoms with Crippen molar-refractivity contribution in [1.82, 2.24) is 10.3 Å². The first-order chi connectivity index (χ1) is 11.6. The molecule has 0 fully saturated rings. The second-order valence-corrected chi connectivity index (χ2v) is 6.31. The van der Waals surface area contributed by atoms with Crippen molar-refractivity contribution in [2.75, 3.05) is 12.8 Å². The first-order valence-corrected chi connectivity index (χ1v) is 8.21. The largest absolute Gasteiger partial charge is 0.459 e. The topological polar surface area (TPSA) is 73.3 Å². The molecule has 0 saturated heterocycles. The first kappa shape index (κ1) is 16.5. The molecule has 3 rings (SSSR count). The molecule has 3 aromatic rings. The number of aromatic nitrogens is 1. The maximum Gasteiger partial charge on any atom is 0.134 e. The monoisotopic (exact) mass is 387 g/mol. The van der Waals surface area contributed by atoms with Crippen molar-refractivity contribution in [2.24, 2.45) is 0 Å². The summed E-state index contributed by atoms with van der Waals surface area (Å²) in [5, 5.41) is 4.28. The van der Waals surface area contributed by atoms with E-state index in [-0.39, 0.29) is 0 Å². The van der Waals surface area contributed by atoms with Crippen LogP contribution in [0.1, 0.15) is 17.0 Å². The third-order valence-corrected chi connectivity index (χ3v) is 4.10. The number of methoxy groups -OCH3 is 1. The van der Waals surface area contributed by atoms with Crippen molar-refractivity contribution in [1.29, 1.82) is 0 Å². The van der Waals surface area contributed by atoms with E-state index in [2.05, 4.69) is 32.8 Å². The predicted octanol–water partition coefficient (Wildman–Crippen LogP) is 4.08. The summed E-state index contributed by atoms with van der Waals surface area (Å²) in [6, 6.07) is 11.7. The zero-order valence-electron chi connectivity index (χ0n) is 13.3. The average Bonchev–Trinajstić information content (AvgIpc) is 2.95. The summed E-state index contributed by atoms with van der Waals surface area (Å²) in [6.45, 7) is 4.98. The lowest BCUT2D eigenvalue weighted by molar-refractivity contribution is 0.181. The van der Waals surface area contributed by atoms with Gasteiger partial charge in [-0.25, -0.2) is 4.98 Å². The fraction of sp³-hybridized carbons (Fsp3) is 0.167. The van der Waals surface area contributed by atoms with Crippen molar-refractivity contribution in [2.45, 2.75) is 13.2 Å². The third-order valence-electron chi connectivity index (χ3n) is 3.61. The van der Waals surface area contributed by atoms with Crippen LogP contribution in [-0.2, 0) is 17.9 Å². The van der Waals surface area contributed by atoms with Crippen molar-refractivity contribution in [3.05, 3.63) is 64.5 Å².